The van der Waals surface area contributed by atoms with Gasteiger partial charge in [0.25, 0.3) is 0 Å². The van der Waals surface area contributed by atoms with E-state index in [0.717, 1.165) is 24.5 Å². The molecule has 0 spiro atoms. The quantitative estimate of drug-likeness (QED) is 0.542. The van der Waals surface area contributed by atoms with Crippen LogP contribution >= 0.6 is 20.0 Å². The predicted molar refractivity (Wildman–Crippen MR) is 124 cm³/mol. The molecular formula is C21H31ClN3O5P. The number of phenols is 1. The van der Waals surface area contributed by atoms with Crippen molar-refractivity contribution in [2.45, 2.75) is 19.6 Å². The van der Waals surface area contributed by atoms with E-state index in [2.05, 4.69) is 14.8 Å². The Kier molecular flexibility index (Phi) is 9.59. The summed E-state index contributed by atoms with van der Waals surface area (Å²) in [6.45, 7) is 6.96. The number of aromatic nitrogens is 1. The summed E-state index contributed by atoms with van der Waals surface area (Å²) in [4.78, 5) is 8.76. The normalized spacial score (nSPS) is 15.9. The van der Waals surface area contributed by atoms with Gasteiger partial charge in [0.2, 0.25) is 0 Å². The molecule has 1 aromatic heterocycles. The van der Waals surface area contributed by atoms with Gasteiger partial charge in [-0.05, 0) is 43.7 Å². The molecule has 31 heavy (non-hydrogen) atoms. The topological polar surface area (TPSA) is 84.4 Å². The van der Waals surface area contributed by atoms with Crippen molar-refractivity contribution in [3.05, 3.63) is 48.2 Å². The molecule has 1 aliphatic rings. The van der Waals surface area contributed by atoms with Crippen molar-refractivity contribution in [3.8, 4) is 11.5 Å². The zero-order chi connectivity index (χ0) is 21.6. The summed E-state index contributed by atoms with van der Waals surface area (Å²) in [6.07, 6.45) is 1.78. The Morgan fingerprint density at radius 3 is 2.32 bits per heavy atom. The highest BCUT2D eigenvalue weighted by Crippen LogP contribution is 2.62. The maximum Gasteiger partial charge on any atom is 0.352 e. The van der Waals surface area contributed by atoms with Gasteiger partial charge in [-0.1, -0.05) is 12.1 Å². The van der Waals surface area contributed by atoms with E-state index in [0.29, 0.717) is 18.8 Å². The first-order valence-corrected chi connectivity index (χ1v) is 11.8. The van der Waals surface area contributed by atoms with Gasteiger partial charge in [0, 0.05) is 32.4 Å². The minimum atomic E-state index is -3.50. The monoisotopic (exact) mass is 471 g/mol. The molecule has 1 atom stereocenters. The fourth-order valence-corrected chi connectivity index (χ4v) is 5.96. The Morgan fingerprint density at radius 1 is 1.10 bits per heavy atom. The van der Waals surface area contributed by atoms with Gasteiger partial charge in [0.15, 0.2) is 11.5 Å². The Labute approximate surface area is 190 Å². The highest BCUT2D eigenvalue weighted by molar-refractivity contribution is 7.54. The van der Waals surface area contributed by atoms with E-state index >= 15 is 0 Å². The van der Waals surface area contributed by atoms with E-state index in [-0.39, 0.29) is 31.4 Å². The second-order valence-electron chi connectivity index (χ2n) is 6.89. The first kappa shape index (κ1) is 25.4. The molecule has 1 aromatic carbocycles. The lowest BCUT2D eigenvalue weighted by molar-refractivity contribution is 0.157. The second kappa shape index (κ2) is 11.7. The smallest absolute Gasteiger partial charge is 0.352 e. The van der Waals surface area contributed by atoms with E-state index in [1.54, 1.807) is 38.2 Å². The van der Waals surface area contributed by atoms with Crippen molar-refractivity contribution < 1.29 is 23.5 Å². The largest absolute Gasteiger partial charge is 0.504 e. The van der Waals surface area contributed by atoms with Gasteiger partial charge < -0.3 is 23.8 Å². The molecule has 172 valence electrons. The fraction of sp³-hybridized carbons (Fsp3) is 0.476. The number of rotatable bonds is 9. The summed E-state index contributed by atoms with van der Waals surface area (Å²) in [5.41, 5.74) is 0.723. The van der Waals surface area contributed by atoms with Crippen LogP contribution in [0.25, 0.3) is 0 Å². The van der Waals surface area contributed by atoms with Gasteiger partial charge in [-0.25, -0.2) is 4.98 Å². The van der Waals surface area contributed by atoms with Gasteiger partial charge in [0.1, 0.15) is 11.6 Å². The summed E-state index contributed by atoms with van der Waals surface area (Å²) in [5.74, 6) is 0.683. The number of ether oxygens (including phenoxy) is 1. The first-order valence-electron chi connectivity index (χ1n) is 10.2. The summed E-state index contributed by atoms with van der Waals surface area (Å²) in [7, 11) is -2.01. The molecular weight excluding hydrogens is 441 g/mol. The van der Waals surface area contributed by atoms with Crippen molar-refractivity contribution in [1.82, 2.24) is 9.88 Å². The number of pyridine rings is 1. The molecule has 1 fully saturated rings. The number of benzene rings is 1. The van der Waals surface area contributed by atoms with E-state index in [9.17, 15) is 9.67 Å². The molecule has 1 unspecified atom stereocenters. The summed E-state index contributed by atoms with van der Waals surface area (Å²) in [5, 5.41) is 10.0. The van der Waals surface area contributed by atoms with Crippen LogP contribution in [0, 0.1) is 0 Å². The van der Waals surface area contributed by atoms with Crippen LogP contribution in [0.1, 0.15) is 25.2 Å². The second-order valence-corrected chi connectivity index (χ2v) is 8.98. The average molecular weight is 472 g/mol. The number of aromatic hydroxyl groups is 1. The highest BCUT2D eigenvalue weighted by Gasteiger charge is 2.42. The van der Waals surface area contributed by atoms with E-state index in [1.165, 1.54) is 7.11 Å². The predicted octanol–water partition coefficient (Wildman–Crippen LogP) is 4.30. The van der Waals surface area contributed by atoms with Crippen LogP contribution in [-0.4, -0.2) is 61.5 Å². The van der Waals surface area contributed by atoms with Crippen LogP contribution in [0.3, 0.4) is 0 Å². The molecule has 10 heteroatoms. The molecule has 0 bridgehead atoms. The summed E-state index contributed by atoms with van der Waals surface area (Å²) in [6, 6.07) is 10.9. The Hall–Kier alpha value is -1.83. The first-order chi connectivity index (χ1) is 14.5. The Bertz CT molecular complexity index is 855. The number of nitrogens with zero attached hydrogens (tertiary/aromatic N) is 3. The van der Waals surface area contributed by atoms with Crippen molar-refractivity contribution in [1.29, 1.82) is 0 Å². The molecule has 1 saturated heterocycles. The van der Waals surface area contributed by atoms with Crippen molar-refractivity contribution in [2.24, 2.45) is 0 Å². The number of anilines is 1. The van der Waals surface area contributed by atoms with E-state index in [1.807, 2.05) is 18.2 Å². The summed E-state index contributed by atoms with van der Waals surface area (Å²) >= 11 is 0. The molecule has 1 N–H and O–H groups in total. The number of hydrogen-bond acceptors (Lipinski definition) is 8. The number of phenolic OH excluding ortho intramolecular Hbond substituents is 1. The molecule has 8 nitrogen and oxygen atoms in total. The van der Waals surface area contributed by atoms with Crippen LogP contribution in [0.15, 0.2) is 42.6 Å². The SMILES string of the molecule is CCOP(=O)(OCC)C(c1ccc(O)c(OC)c1)N1CCN(c2ccccn2)CC1.Cl. The van der Waals surface area contributed by atoms with Crippen LogP contribution < -0.4 is 9.64 Å². The van der Waals surface area contributed by atoms with E-state index in [4.69, 9.17) is 13.8 Å². The zero-order valence-electron chi connectivity index (χ0n) is 18.1. The lowest BCUT2D eigenvalue weighted by atomic mass is 10.1. The molecule has 2 heterocycles. The highest BCUT2D eigenvalue weighted by atomic mass is 35.5. The Balaban J connectivity index is 0.00000341. The lowest BCUT2D eigenvalue weighted by Crippen LogP contribution is -2.48. The molecule has 3 rings (SSSR count). The fourth-order valence-electron chi connectivity index (χ4n) is 3.72. The molecule has 1 aliphatic heterocycles. The minimum absolute atomic E-state index is 0. The van der Waals surface area contributed by atoms with Gasteiger partial charge >= 0.3 is 7.60 Å². The van der Waals surface area contributed by atoms with Crippen molar-refractivity contribution in [2.75, 3.05) is 51.4 Å². The maximum atomic E-state index is 13.8. The average Bonchev–Trinajstić information content (AvgIpc) is 2.76. The third-order valence-corrected chi connectivity index (χ3v) is 7.51. The number of halogens is 1. The molecule has 2 aromatic rings. The van der Waals surface area contributed by atoms with Gasteiger partial charge in [-0.15, -0.1) is 12.4 Å². The van der Waals surface area contributed by atoms with Crippen LogP contribution in [-0.2, 0) is 13.6 Å². The molecule has 0 aliphatic carbocycles. The lowest BCUT2D eigenvalue weighted by Gasteiger charge is -2.41. The third-order valence-electron chi connectivity index (χ3n) is 5.05. The van der Waals surface area contributed by atoms with Gasteiger partial charge in [-0.2, -0.15) is 0 Å². The molecule has 0 saturated carbocycles. The minimum Gasteiger partial charge on any atom is -0.504 e. The number of methoxy groups -OCH3 is 1. The van der Waals surface area contributed by atoms with Crippen LogP contribution in [0.4, 0.5) is 5.82 Å². The van der Waals surface area contributed by atoms with Crippen molar-refractivity contribution in [3.63, 3.8) is 0 Å². The van der Waals surface area contributed by atoms with Gasteiger partial charge in [-0.3, -0.25) is 9.46 Å². The van der Waals surface area contributed by atoms with E-state index < -0.39 is 13.4 Å². The number of piperazine rings is 1. The van der Waals surface area contributed by atoms with Crippen LogP contribution in [0.5, 0.6) is 11.5 Å². The third kappa shape index (κ3) is 5.90. The standard InChI is InChI=1S/C21H30N3O5P.ClH/c1-4-28-30(26,29-5-2)21(17-9-10-18(25)19(16-17)27-3)24-14-12-23(13-15-24)20-8-6-7-11-22-20;/h6-11,16,21,25H,4-5,12-15H2,1-3H3;1H. The summed E-state index contributed by atoms with van der Waals surface area (Å²) < 4.78 is 30.5. The molecule has 0 amide bonds. The van der Waals surface area contributed by atoms with Crippen molar-refractivity contribution >= 4 is 25.8 Å². The number of hydrogen-bond donors (Lipinski definition) is 1. The maximum absolute atomic E-state index is 13.8. The van der Waals surface area contributed by atoms with Gasteiger partial charge in [0.05, 0.1) is 20.3 Å². The van der Waals surface area contributed by atoms with Crippen LogP contribution in [0.2, 0.25) is 0 Å². The Morgan fingerprint density at radius 2 is 1.77 bits per heavy atom. The zero-order valence-corrected chi connectivity index (χ0v) is 19.8. The molecule has 0 radical (unpaired) electrons.